The molecule has 0 N–H and O–H groups in total. The van der Waals surface area contributed by atoms with E-state index in [1.807, 2.05) is 36.7 Å². The molecule has 0 unspecified atom stereocenters. The lowest BCUT2D eigenvalue weighted by molar-refractivity contribution is -0.136. The van der Waals surface area contributed by atoms with Gasteiger partial charge in [0, 0.05) is 18.0 Å². The van der Waals surface area contributed by atoms with E-state index in [-0.39, 0.29) is 17.3 Å². The molecule has 1 saturated carbocycles. The standard InChI is InChI=1S/C28H40N2O2/c1-4-5-6-7-8-9-10-11-12-13-14-22-20-29-26(30-21-22)23-15-17-24(18-16-23)32-27(31)25-19-28(25,2)3/h15-18,20-21,25H,4-14,19H2,1-3H3/t25-/m1/s1. The quantitative estimate of drug-likeness (QED) is 0.174. The lowest BCUT2D eigenvalue weighted by Gasteiger charge is -2.07. The van der Waals surface area contributed by atoms with Crippen molar-refractivity contribution >= 4 is 5.97 Å². The van der Waals surface area contributed by atoms with Crippen LogP contribution in [0.15, 0.2) is 36.7 Å². The van der Waals surface area contributed by atoms with Crippen LogP contribution in [0.1, 0.15) is 97.0 Å². The Morgan fingerprint density at radius 2 is 1.44 bits per heavy atom. The summed E-state index contributed by atoms with van der Waals surface area (Å²) in [6.45, 7) is 6.46. The maximum Gasteiger partial charge on any atom is 0.314 e. The van der Waals surface area contributed by atoms with Gasteiger partial charge in [-0.1, -0.05) is 78.6 Å². The first-order valence-corrected chi connectivity index (χ1v) is 12.6. The molecule has 0 radical (unpaired) electrons. The average Bonchev–Trinajstić information content (AvgIpc) is 3.44. The van der Waals surface area contributed by atoms with Crippen LogP contribution in [0.3, 0.4) is 0 Å². The number of aryl methyl sites for hydroxylation is 1. The maximum absolute atomic E-state index is 12.1. The molecule has 4 nitrogen and oxygen atoms in total. The summed E-state index contributed by atoms with van der Waals surface area (Å²) in [6, 6.07) is 7.48. The Kier molecular flexibility index (Phi) is 9.25. The topological polar surface area (TPSA) is 52.1 Å². The Morgan fingerprint density at radius 3 is 1.97 bits per heavy atom. The minimum absolute atomic E-state index is 0.0219. The molecule has 1 aromatic heterocycles. The molecule has 3 rings (SSSR count). The number of hydrogen-bond donors (Lipinski definition) is 0. The van der Waals surface area contributed by atoms with Gasteiger partial charge in [0.15, 0.2) is 5.82 Å². The normalized spacial score (nSPS) is 16.7. The van der Waals surface area contributed by atoms with E-state index < -0.39 is 0 Å². The van der Waals surface area contributed by atoms with Crippen LogP contribution >= 0.6 is 0 Å². The van der Waals surface area contributed by atoms with Gasteiger partial charge in [-0.25, -0.2) is 9.97 Å². The average molecular weight is 437 g/mol. The van der Waals surface area contributed by atoms with E-state index in [1.165, 1.54) is 69.8 Å². The summed E-state index contributed by atoms with van der Waals surface area (Å²) in [6.07, 6.45) is 19.3. The van der Waals surface area contributed by atoms with Crippen molar-refractivity contribution in [1.29, 1.82) is 0 Å². The van der Waals surface area contributed by atoms with Gasteiger partial charge < -0.3 is 4.74 Å². The SMILES string of the molecule is CCCCCCCCCCCCc1cnc(-c2ccc(OC(=O)[C@H]3CC3(C)C)cc2)nc1. The van der Waals surface area contributed by atoms with Crippen molar-refractivity contribution in [2.75, 3.05) is 0 Å². The first-order chi connectivity index (χ1) is 15.5. The van der Waals surface area contributed by atoms with Gasteiger partial charge in [-0.2, -0.15) is 0 Å². The highest BCUT2D eigenvalue weighted by molar-refractivity contribution is 5.79. The zero-order valence-corrected chi connectivity index (χ0v) is 20.2. The summed E-state index contributed by atoms with van der Waals surface area (Å²) >= 11 is 0. The van der Waals surface area contributed by atoms with Crippen LogP contribution < -0.4 is 4.74 Å². The summed E-state index contributed by atoms with van der Waals surface area (Å²) in [4.78, 5) is 21.2. The zero-order chi connectivity index (χ0) is 22.8. The van der Waals surface area contributed by atoms with Gasteiger partial charge in [0.05, 0.1) is 5.92 Å². The van der Waals surface area contributed by atoms with E-state index in [0.29, 0.717) is 11.6 Å². The van der Waals surface area contributed by atoms with Crippen molar-refractivity contribution < 1.29 is 9.53 Å². The van der Waals surface area contributed by atoms with Crippen molar-refractivity contribution in [3.05, 3.63) is 42.2 Å². The number of ether oxygens (including phenoxy) is 1. The summed E-state index contributed by atoms with van der Waals surface area (Å²) in [5.74, 6) is 1.18. The first-order valence-electron chi connectivity index (χ1n) is 12.6. The molecule has 2 aromatic rings. The molecule has 1 aromatic carbocycles. The predicted octanol–water partition coefficient (Wildman–Crippen LogP) is 7.56. The van der Waals surface area contributed by atoms with Crippen molar-refractivity contribution in [3.8, 4) is 17.1 Å². The van der Waals surface area contributed by atoms with Crippen molar-refractivity contribution in [1.82, 2.24) is 9.97 Å². The summed E-state index contributed by atoms with van der Waals surface area (Å²) in [5, 5.41) is 0. The second-order valence-corrected chi connectivity index (χ2v) is 10.0. The molecular weight excluding hydrogens is 396 g/mol. The number of aromatic nitrogens is 2. The van der Waals surface area contributed by atoms with E-state index in [2.05, 4.69) is 30.7 Å². The van der Waals surface area contributed by atoms with Crippen molar-refractivity contribution in [3.63, 3.8) is 0 Å². The maximum atomic E-state index is 12.1. The Labute approximate surface area is 194 Å². The Bertz CT molecular complexity index is 828. The third-order valence-corrected chi connectivity index (χ3v) is 6.65. The number of carbonyl (C=O) groups excluding carboxylic acids is 1. The zero-order valence-electron chi connectivity index (χ0n) is 20.2. The second kappa shape index (κ2) is 12.1. The van der Waals surface area contributed by atoms with Gasteiger partial charge in [0.2, 0.25) is 0 Å². The van der Waals surface area contributed by atoms with Crippen LogP contribution in [0.25, 0.3) is 11.4 Å². The molecule has 1 aliphatic carbocycles. The third kappa shape index (κ3) is 7.72. The predicted molar refractivity (Wildman–Crippen MR) is 131 cm³/mol. The van der Waals surface area contributed by atoms with Crippen LogP contribution in [0.2, 0.25) is 0 Å². The second-order valence-electron chi connectivity index (χ2n) is 10.0. The Morgan fingerprint density at radius 1 is 0.906 bits per heavy atom. The Hall–Kier alpha value is -2.23. The van der Waals surface area contributed by atoms with Gasteiger partial charge in [-0.05, 0) is 54.5 Å². The molecule has 1 fully saturated rings. The monoisotopic (exact) mass is 436 g/mol. The molecule has 1 heterocycles. The van der Waals surface area contributed by atoms with E-state index in [4.69, 9.17) is 4.74 Å². The molecule has 0 saturated heterocycles. The number of nitrogens with zero attached hydrogens (tertiary/aromatic N) is 2. The van der Waals surface area contributed by atoms with E-state index in [1.54, 1.807) is 0 Å². The van der Waals surface area contributed by atoms with Crippen molar-refractivity contribution in [2.45, 2.75) is 97.8 Å². The molecule has 4 heteroatoms. The molecule has 32 heavy (non-hydrogen) atoms. The first kappa shape index (κ1) is 24.4. The van der Waals surface area contributed by atoms with Crippen LogP contribution in [0.4, 0.5) is 0 Å². The van der Waals surface area contributed by atoms with Gasteiger partial charge >= 0.3 is 5.97 Å². The lowest BCUT2D eigenvalue weighted by atomic mass is 10.0. The van der Waals surface area contributed by atoms with E-state index in [0.717, 1.165) is 18.4 Å². The highest BCUT2D eigenvalue weighted by Gasteiger charge is 2.51. The van der Waals surface area contributed by atoms with Crippen LogP contribution in [0, 0.1) is 11.3 Å². The smallest absolute Gasteiger partial charge is 0.314 e. The number of hydrogen-bond acceptors (Lipinski definition) is 4. The van der Waals surface area contributed by atoms with E-state index in [9.17, 15) is 4.79 Å². The number of esters is 1. The largest absolute Gasteiger partial charge is 0.426 e. The highest BCUT2D eigenvalue weighted by atomic mass is 16.5. The lowest BCUT2D eigenvalue weighted by Crippen LogP contribution is -2.13. The van der Waals surface area contributed by atoms with Gasteiger partial charge in [-0.15, -0.1) is 0 Å². The fourth-order valence-electron chi connectivity index (χ4n) is 4.18. The van der Waals surface area contributed by atoms with Gasteiger partial charge in [0.1, 0.15) is 5.75 Å². The third-order valence-electron chi connectivity index (χ3n) is 6.65. The summed E-state index contributed by atoms with van der Waals surface area (Å²) in [7, 11) is 0. The number of unbranched alkanes of at least 4 members (excludes halogenated alkanes) is 9. The Balaban J connectivity index is 1.34. The molecule has 174 valence electrons. The van der Waals surface area contributed by atoms with Gasteiger partial charge in [-0.3, -0.25) is 4.79 Å². The minimum atomic E-state index is -0.129. The summed E-state index contributed by atoms with van der Waals surface area (Å²) < 4.78 is 5.51. The highest BCUT2D eigenvalue weighted by Crippen LogP contribution is 2.52. The molecule has 0 spiro atoms. The van der Waals surface area contributed by atoms with Crippen molar-refractivity contribution in [2.24, 2.45) is 11.3 Å². The molecule has 1 aliphatic rings. The van der Waals surface area contributed by atoms with Gasteiger partial charge in [0.25, 0.3) is 0 Å². The number of benzene rings is 1. The van der Waals surface area contributed by atoms with E-state index >= 15 is 0 Å². The van der Waals surface area contributed by atoms with Crippen LogP contribution in [-0.2, 0) is 11.2 Å². The number of rotatable bonds is 14. The fourth-order valence-corrected chi connectivity index (χ4v) is 4.18. The van der Waals surface area contributed by atoms with Crippen LogP contribution in [-0.4, -0.2) is 15.9 Å². The molecule has 0 bridgehead atoms. The number of carbonyl (C=O) groups is 1. The van der Waals surface area contributed by atoms with Crippen LogP contribution in [0.5, 0.6) is 5.75 Å². The molecule has 0 amide bonds. The fraction of sp³-hybridized carbons (Fsp3) is 0.607. The molecule has 1 atom stereocenters. The molecule has 0 aliphatic heterocycles. The summed E-state index contributed by atoms with van der Waals surface area (Å²) in [5.41, 5.74) is 2.22. The minimum Gasteiger partial charge on any atom is -0.426 e. The molecular formula is C28H40N2O2.